The number of aromatic nitrogens is 6. The molecule has 0 bridgehead atoms. The summed E-state index contributed by atoms with van der Waals surface area (Å²) < 4.78 is 13.4. The van der Waals surface area contributed by atoms with Crippen LogP contribution < -0.4 is 20.9 Å². The Balaban J connectivity index is 1.46. The molecule has 2 heterocycles. The number of tetrazole rings is 1. The van der Waals surface area contributed by atoms with Crippen LogP contribution in [0.1, 0.15) is 17.5 Å². The van der Waals surface area contributed by atoms with Crippen LogP contribution in [0, 0.1) is 0 Å². The monoisotopic (exact) mass is 612 g/mol. The van der Waals surface area contributed by atoms with Gasteiger partial charge in [-0.3, -0.25) is 14.9 Å². The third kappa shape index (κ3) is 7.14. The zero-order valence-electron chi connectivity index (χ0n) is 23.4. The quantitative estimate of drug-likeness (QED) is 0.184. The number of nitrogens with zero attached hydrogens (tertiary/aromatic N) is 6. The highest BCUT2D eigenvalue weighted by molar-refractivity contribution is 6.30. The molecule has 0 unspecified atom stereocenters. The van der Waals surface area contributed by atoms with Crippen molar-refractivity contribution in [3.8, 4) is 22.6 Å². The van der Waals surface area contributed by atoms with Crippen LogP contribution in [0.2, 0.25) is 5.02 Å². The molecule has 222 valence electrons. The molecule has 5 rings (SSSR count). The topological polar surface area (TPSA) is 155 Å². The molecular formula is C30H25ClN8O5. The Kier molecular flexibility index (Phi) is 9.06. The molecule has 44 heavy (non-hydrogen) atoms. The standard InChI is InChI=1S/C30H25ClN8O5/c1-38-29(41)24(19-8-12-22(13-9-19)33-30(42)43-2)17-25(35-38)28(44-23-6-4-3-5-7-23)34-27(40)15-10-20-16-21(31)11-14-26(20)39-18-32-36-37-39/h3-18,28H,1-2H3,(H,33,42)(H,34,40)/b15-10+/t28-/m0/s1. The smallest absolute Gasteiger partial charge is 0.411 e. The lowest BCUT2D eigenvalue weighted by Crippen LogP contribution is -2.34. The van der Waals surface area contributed by atoms with E-state index in [0.717, 1.165) is 0 Å². The van der Waals surface area contributed by atoms with Crippen LogP contribution in [0.5, 0.6) is 5.75 Å². The van der Waals surface area contributed by atoms with Gasteiger partial charge in [-0.25, -0.2) is 9.48 Å². The van der Waals surface area contributed by atoms with E-state index in [2.05, 4.69) is 36.0 Å². The van der Waals surface area contributed by atoms with Crippen LogP contribution >= 0.6 is 11.6 Å². The van der Waals surface area contributed by atoms with E-state index in [0.29, 0.717) is 38.8 Å². The van der Waals surface area contributed by atoms with E-state index in [1.165, 1.54) is 35.9 Å². The second kappa shape index (κ2) is 13.4. The Morgan fingerprint density at radius 1 is 1.02 bits per heavy atom. The summed E-state index contributed by atoms with van der Waals surface area (Å²) in [5.41, 5.74) is 2.44. The molecule has 2 amide bonds. The van der Waals surface area contributed by atoms with Crippen LogP contribution in [-0.4, -0.2) is 49.1 Å². The van der Waals surface area contributed by atoms with Crippen molar-refractivity contribution in [2.75, 3.05) is 12.4 Å². The second-order valence-corrected chi connectivity index (χ2v) is 9.65. The van der Waals surface area contributed by atoms with Crippen LogP contribution in [0.4, 0.5) is 10.5 Å². The molecule has 14 heteroatoms. The maximum absolute atomic E-state index is 13.2. The molecule has 5 aromatic rings. The van der Waals surface area contributed by atoms with E-state index in [4.69, 9.17) is 16.3 Å². The molecule has 0 aliphatic rings. The number of rotatable bonds is 9. The number of nitrogens with one attached hydrogen (secondary N) is 2. The van der Waals surface area contributed by atoms with Crippen molar-refractivity contribution in [3.05, 3.63) is 118 Å². The first kappa shape index (κ1) is 29.7. The highest BCUT2D eigenvalue weighted by Crippen LogP contribution is 2.24. The zero-order chi connectivity index (χ0) is 31.1. The number of aryl methyl sites for hydroxylation is 1. The van der Waals surface area contributed by atoms with E-state index in [-0.39, 0.29) is 11.3 Å². The van der Waals surface area contributed by atoms with Gasteiger partial charge in [-0.05, 0) is 70.6 Å². The zero-order valence-corrected chi connectivity index (χ0v) is 24.2. The van der Waals surface area contributed by atoms with Gasteiger partial charge in [0.05, 0.1) is 18.4 Å². The molecule has 0 aliphatic heterocycles. The Labute approximate surface area is 255 Å². The van der Waals surface area contributed by atoms with Crippen LogP contribution in [0.15, 0.2) is 96.1 Å². The van der Waals surface area contributed by atoms with Gasteiger partial charge >= 0.3 is 6.09 Å². The molecule has 0 radical (unpaired) electrons. The number of methoxy groups -OCH3 is 1. The van der Waals surface area contributed by atoms with Gasteiger partial charge in [0.1, 0.15) is 17.8 Å². The summed E-state index contributed by atoms with van der Waals surface area (Å²) in [7, 11) is 2.77. The molecule has 2 N–H and O–H groups in total. The van der Waals surface area contributed by atoms with Crippen molar-refractivity contribution < 1.29 is 19.1 Å². The van der Waals surface area contributed by atoms with E-state index >= 15 is 0 Å². The molecule has 1 atom stereocenters. The Hall–Kier alpha value is -5.82. The number of para-hydroxylation sites is 1. The predicted molar refractivity (Wildman–Crippen MR) is 162 cm³/mol. The van der Waals surface area contributed by atoms with Gasteiger partial charge < -0.3 is 14.8 Å². The summed E-state index contributed by atoms with van der Waals surface area (Å²) in [5.74, 6) is -0.0444. The van der Waals surface area contributed by atoms with Crippen molar-refractivity contribution >= 4 is 35.4 Å². The van der Waals surface area contributed by atoms with Gasteiger partial charge in [-0.2, -0.15) is 9.78 Å². The van der Waals surface area contributed by atoms with Gasteiger partial charge in [0.15, 0.2) is 0 Å². The van der Waals surface area contributed by atoms with Gasteiger partial charge in [0, 0.05) is 29.4 Å². The predicted octanol–water partition coefficient (Wildman–Crippen LogP) is 4.16. The highest BCUT2D eigenvalue weighted by atomic mass is 35.5. The van der Waals surface area contributed by atoms with E-state index < -0.39 is 18.2 Å². The van der Waals surface area contributed by atoms with Crippen LogP contribution in [0.25, 0.3) is 22.9 Å². The van der Waals surface area contributed by atoms with Crippen LogP contribution in [-0.2, 0) is 16.6 Å². The first-order chi connectivity index (χ1) is 21.3. The number of amides is 2. The van der Waals surface area contributed by atoms with Crippen molar-refractivity contribution in [1.29, 1.82) is 0 Å². The fourth-order valence-corrected chi connectivity index (χ4v) is 4.33. The molecule has 2 aromatic heterocycles. The number of ether oxygens (including phenoxy) is 2. The van der Waals surface area contributed by atoms with Gasteiger partial charge in [0.2, 0.25) is 12.1 Å². The van der Waals surface area contributed by atoms with Gasteiger partial charge in [0.25, 0.3) is 5.56 Å². The summed E-state index contributed by atoms with van der Waals surface area (Å²) in [6, 6.07) is 22.1. The normalized spacial score (nSPS) is 11.6. The average molecular weight is 613 g/mol. The molecular weight excluding hydrogens is 588 g/mol. The number of anilines is 1. The molecule has 0 spiro atoms. The summed E-state index contributed by atoms with van der Waals surface area (Å²) in [6.07, 6.45) is 2.61. The summed E-state index contributed by atoms with van der Waals surface area (Å²) in [6.45, 7) is 0. The minimum Gasteiger partial charge on any atom is -0.465 e. The number of halogens is 1. The lowest BCUT2D eigenvalue weighted by molar-refractivity contribution is -0.119. The first-order valence-corrected chi connectivity index (χ1v) is 13.5. The van der Waals surface area contributed by atoms with Gasteiger partial charge in [-0.15, -0.1) is 5.10 Å². The minimum absolute atomic E-state index is 0.265. The molecule has 0 saturated carbocycles. The van der Waals surface area contributed by atoms with Gasteiger partial charge in [-0.1, -0.05) is 41.9 Å². The summed E-state index contributed by atoms with van der Waals surface area (Å²) in [5, 5.41) is 21.4. The number of carbonyl (C=O) groups is 2. The summed E-state index contributed by atoms with van der Waals surface area (Å²) >= 11 is 6.20. The second-order valence-electron chi connectivity index (χ2n) is 9.22. The first-order valence-electron chi connectivity index (χ1n) is 13.1. The SMILES string of the molecule is COC(=O)Nc1ccc(-c2cc([C@@H](NC(=O)/C=C/c3cc(Cl)ccc3-n3cnnn3)Oc3ccccc3)nn(C)c2=O)cc1. The fourth-order valence-electron chi connectivity index (χ4n) is 4.15. The Bertz CT molecular complexity index is 1860. The molecule has 0 fully saturated rings. The molecule has 13 nitrogen and oxygen atoms in total. The highest BCUT2D eigenvalue weighted by Gasteiger charge is 2.21. The third-order valence-corrected chi connectivity index (χ3v) is 6.48. The fraction of sp³-hybridized carbons (Fsp3) is 0.100. The maximum atomic E-state index is 13.2. The largest absolute Gasteiger partial charge is 0.465 e. The Morgan fingerprint density at radius 3 is 2.50 bits per heavy atom. The lowest BCUT2D eigenvalue weighted by Gasteiger charge is -2.20. The Morgan fingerprint density at radius 2 is 1.80 bits per heavy atom. The number of benzene rings is 3. The maximum Gasteiger partial charge on any atom is 0.411 e. The number of hydrogen-bond acceptors (Lipinski definition) is 9. The average Bonchev–Trinajstić information content (AvgIpc) is 3.57. The van der Waals surface area contributed by atoms with Crippen molar-refractivity contribution in [3.63, 3.8) is 0 Å². The van der Waals surface area contributed by atoms with Crippen molar-refractivity contribution in [2.24, 2.45) is 7.05 Å². The summed E-state index contributed by atoms with van der Waals surface area (Å²) in [4.78, 5) is 37.9. The minimum atomic E-state index is -1.08. The number of carbonyl (C=O) groups excluding carboxylic acids is 2. The van der Waals surface area contributed by atoms with Crippen LogP contribution in [0.3, 0.4) is 0 Å². The van der Waals surface area contributed by atoms with E-state index in [1.54, 1.807) is 78.9 Å². The van der Waals surface area contributed by atoms with Crippen molar-refractivity contribution in [1.82, 2.24) is 35.3 Å². The molecule has 3 aromatic carbocycles. The number of hydrogen-bond donors (Lipinski definition) is 2. The van der Waals surface area contributed by atoms with E-state index in [9.17, 15) is 14.4 Å². The lowest BCUT2D eigenvalue weighted by atomic mass is 10.1. The molecule has 0 saturated heterocycles. The van der Waals surface area contributed by atoms with Crippen molar-refractivity contribution in [2.45, 2.75) is 6.23 Å². The molecule has 0 aliphatic carbocycles. The van der Waals surface area contributed by atoms with E-state index in [1.807, 2.05) is 6.07 Å². The third-order valence-electron chi connectivity index (χ3n) is 6.25.